The molecule has 0 bridgehead atoms. The average Bonchev–Trinajstić information content (AvgIpc) is 2.38. The van der Waals surface area contributed by atoms with Crippen LogP contribution < -0.4 is 16.0 Å². The van der Waals surface area contributed by atoms with Gasteiger partial charge in [0.2, 0.25) is 5.91 Å². The molecule has 0 atom stereocenters. The van der Waals surface area contributed by atoms with Crippen LogP contribution in [-0.4, -0.2) is 35.0 Å². The minimum Gasteiger partial charge on any atom is -0.370 e. The first-order valence-corrected chi connectivity index (χ1v) is 7.70. The average molecular weight is 293 g/mol. The summed E-state index contributed by atoms with van der Waals surface area (Å²) < 4.78 is 0. The lowest BCUT2D eigenvalue weighted by atomic mass is 10.3. The van der Waals surface area contributed by atoms with Crippen molar-refractivity contribution in [2.24, 2.45) is 0 Å². The SMILES string of the molecule is CCCc1nc(NCC)cc(NCCC(=O)NC(C)C)n1. The molecule has 0 fully saturated rings. The van der Waals surface area contributed by atoms with Gasteiger partial charge in [-0.15, -0.1) is 0 Å². The minimum absolute atomic E-state index is 0.0484. The van der Waals surface area contributed by atoms with Gasteiger partial charge in [-0.2, -0.15) is 0 Å². The predicted octanol–water partition coefficient (Wildman–Crippen LogP) is 2.19. The third-order valence-electron chi connectivity index (χ3n) is 2.71. The number of hydrogen-bond acceptors (Lipinski definition) is 5. The van der Waals surface area contributed by atoms with Crippen LogP contribution in [0.3, 0.4) is 0 Å². The molecule has 6 nitrogen and oxygen atoms in total. The summed E-state index contributed by atoms with van der Waals surface area (Å²) in [5.41, 5.74) is 0. The van der Waals surface area contributed by atoms with E-state index in [1.54, 1.807) is 0 Å². The van der Waals surface area contributed by atoms with Crippen molar-refractivity contribution in [3.05, 3.63) is 11.9 Å². The number of nitrogens with zero attached hydrogens (tertiary/aromatic N) is 2. The zero-order valence-corrected chi connectivity index (χ0v) is 13.5. The van der Waals surface area contributed by atoms with Crippen LogP contribution in [0.15, 0.2) is 6.07 Å². The summed E-state index contributed by atoms with van der Waals surface area (Å²) in [4.78, 5) is 20.5. The Morgan fingerprint density at radius 3 is 2.43 bits per heavy atom. The lowest BCUT2D eigenvalue weighted by Crippen LogP contribution is -2.31. The van der Waals surface area contributed by atoms with Gasteiger partial charge >= 0.3 is 0 Å². The van der Waals surface area contributed by atoms with Crippen LogP contribution in [0.1, 0.15) is 46.4 Å². The molecule has 1 heterocycles. The molecule has 1 rings (SSSR count). The van der Waals surface area contributed by atoms with E-state index in [4.69, 9.17) is 0 Å². The molecule has 1 amide bonds. The van der Waals surface area contributed by atoms with Crippen LogP contribution in [-0.2, 0) is 11.2 Å². The molecule has 118 valence electrons. The Morgan fingerprint density at radius 2 is 1.86 bits per heavy atom. The topological polar surface area (TPSA) is 78.9 Å². The lowest BCUT2D eigenvalue weighted by Gasteiger charge is -2.11. The Kier molecular flexibility index (Phi) is 7.50. The van der Waals surface area contributed by atoms with Crippen LogP contribution in [0.2, 0.25) is 0 Å². The summed E-state index contributed by atoms with van der Waals surface area (Å²) in [7, 11) is 0. The highest BCUT2D eigenvalue weighted by molar-refractivity contribution is 5.76. The van der Waals surface area contributed by atoms with Gasteiger partial charge in [-0.05, 0) is 27.2 Å². The summed E-state index contributed by atoms with van der Waals surface area (Å²) in [5, 5.41) is 9.26. The van der Waals surface area contributed by atoms with E-state index in [1.807, 2.05) is 26.8 Å². The first kappa shape index (κ1) is 17.2. The number of carbonyl (C=O) groups is 1. The zero-order valence-electron chi connectivity index (χ0n) is 13.5. The minimum atomic E-state index is 0.0484. The van der Waals surface area contributed by atoms with Gasteiger partial charge in [0, 0.05) is 38.0 Å². The molecule has 1 aromatic rings. The summed E-state index contributed by atoms with van der Waals surface area (Å²) in [6.45, 7) is 9.42. The Hall–Kier alpha value is -1.85. The van der Waals surface area contributed by atoms with Gasteiger partial charge in [0.05, 0.1) is 0 Å². The van der Waals surface area contributed by atoms with Crippen molar-refractivity contribution in [2.75, 3.05) is 23.7 Å². The molecule has 6 heteroatoms. The summed E-state index contributed by atoms with van der Waals surface area (Å²) in [5.74, 6) is 2.46. The fraction of sp³-hybridized carbons (Fsp3) is 0.667. The number of carbonyl (C=O) groups excluding carboxylic acids is 1. The van der Waals surface area contributed by atoms with Crippen LogP contribution >= 0.6 is 0 Å². The van der Waals surface area contributed by atoms with Crippen LogP contribution in [0.25, 0.3) is 0 Å². The number of aromatic nitrogens is 2. The summed E-state index contributed by atoms with van der Waals surface area (Å²) in [6, 6.07) is 2.05. The van der Waals surface area contributed by atoms with Crippen LogP contribution in [0.5, 0.6) is 0 Å². The molecule has 0 aliphatic carbocycles. The number of nitrogens with one attached hydrogen (secondary N) is 3. The summed E-state index contributed by atoms with van der Waals surface area (Å²) >= 11 is 0. The molecular formula is C15H27N5O. The van der Waals surface area contributed by atoms with Crippen molar-refractivity contribution < 1.29 is 4.79 Å². The molecule has 0 radical (unpaired) electrons. The number of hydrogen-bond donors (Lipinski definition) is 3. The Labute approximate surface area is 127 Å². The Bertz CT molecular complexity index is 423. The normalized spacial score (nSPS) is 10.5. The highest BCUT2D eigenvalue weighted by atomic mass is 16.1. The number of anilines is 2. The number of rotatable bonds is 9. The second-order valence-corrected chi connectivity index (χ2v) is 5.23. The fourth-order valence-electron chi connectivity index (χ4n) is 1.89. The van der Waals surface area contributed by atoms with Crippen molar-refractivity contribution in [1.82, 2.24) is 15.3 Å². The van der Waals surface area contributed by atoms with Crippen molar-refractivity contribution in [3.8, 4) is 0 Å². The van der Waals surface area contributed by atoms with Crippen molar-refractivity contribution >= 4 is 17.5 Å². The first-order chi connectivity index (χ1) is 10.0. The van der Waals surface area contributed by atoms with Crippen molar-refractivity contribution in [3.63, 3.8) is 0 Å². The van der Waals surface area contributed by atoms with Crippen molar-refractivity contribution in [2.45, 2.75) is 53.0 Å². The zero-order chi connectivity index (χ0) is 15.7. The molecule has 0 aromatic carbocycles. The molecule has 0 aliphatic rings. The van der Waals surface area contributed by atoms with E-state index in [2.05, 4.69) is 32.8 Å². The monoisotopic (exact) mass is 293 g/mol. The molecule has 21 heavy (non-hydrogen) atoms. The summed E-state index contributed by atoms with van der Waals surface area (Å²) in [6.07, 6.45) is 2.29. The molecule has 0 aliphatic heterocycles. The molecule has 3 N–H and O–H groups in total. The highest BCUT2D eigenvalue weighted by Crippen LogP contribution is 2.12. The number of aryl methyl sites for hydroxylation is 1. The molecular weight excluding hydrogens is 266 g/mol. The van der Waals surface area contributed by atoms with E-state index in [-0.39, 0.29) is 11.9 Å². The Balaban J connectivity index is 2.58. The van der Waals surface area contributed by atoms with E-state index < -0.39 is 0 Å². The quantitative estimate of drug-likeness (QED) is 0.650. The third-order valence-corrected chi connectivity index (χ3v) is 2.71. The largest absolute Gasteiger partial charge is 0.370 e. The maximum atomic E-state index is 11.6. The van der Waals surface area contributed by atoms with Gasteiger partial charge in [0.25, 0.3) is 0 Å². The highest BCUT2D eigenvalue weighted by Gasteiger charge is 2.06. The second-order valence-electron chi connectivity index (χ2n) is 5.23. The molecule has 0 saturated carbocycles. The van der Waals surface area contributed by atoms with Gasteiger partial charge in [-0.1, -0.05) is 6.92 Å². The molecule has 0 spiro atoms. The van der Waals surface area contributed by atoms with Crippen molar-refractivity contribution in [1.29, 1.82) is 0 Å². The van der Waals surface area contributed by atoms with E-state index in [0.717, 1.165) is 36.8 Å². The fourth-order valence-corrected chi connectivity index (χ4v) is 1.89. The maximum absolute atomic E-state index is 11.6. The van der Waals surface area contributed by atoms with Crippen LogP contribution in [0.4, 0.5) is 11.6 Å². The van der Waals surface area contributed by atoms with E-state index in [0.29, 0.717) is 13.0 Å². The van der Waals surface area contributed by atoms with Gasteiger partial charge in [-0.25, -0.2) is 9.97 Å². The predicted molar refractivity (Wildman–Crippen MR) is 86.6 cm³/mol. The Morgan fingerprint density at radius 1 is 1.19 bits per heavy atom. The smallest absolute Gasteiger partial charge is 0.221 e. The lowest BCUT2D eigenvalue weighted by molar-refractivity contribution is -0.121. The van der Waals surface area contributed by atoms with Gasteiger partial charge in [-0.3, -0.25) is 4.79 Å². The molecule has 0 unspecified atom stereocenters. The van der Waals surface area contributed by atoms with E-state index >= 15 is 0 Å². The molecule has 1 aromatic heterocycles. The molecule has 0 saturated heterocycles. The first-order valence-electron chi connectivity index (χ1n) is 7.70. The van der Waals surface area contributed by atoms with E-state index in [9.17, 15) is 4.79 Å². The number of amides is 1. The van der Waals surface area contributed by atoms with Crippen LogP contribution in [0, 0.1) is 0 Å². The van der Waals surface area contributed by atoms with E-state index in [1.165, 1.54) is 0 Å². The van der Waals surface area contributed by atoms with Gasteiger partial charge < -0.3 is 16.0 Å². The standard InChI is InChI=1S/C15H27N5O/c1-5-7-12-19-13(16-6-2)10-14(20-12)17-9-8-15(21)18-11(3)4/h10-11H,5-9H2,1-4H3,(H,18,21)(H2,16,17,19,20). The second kappa shape index (κ2) is 9.15. The third kappa shape index (κ3) is 6.92. The van der Waals surface area contributed by atoms with Gasteiger partial charge in [0.1, 0.15) is 17.5 Å². The maximum Gasteiger partial charge on any atom is 0.221 e. The van der Waals surface area contributed by atoms with Gasteiger partial charge in [0.15, 0.2) is 0 Å².